The maximum atomic E-state index is 5.65. The van der Waals surface area contributed by atoms with Crippen molar-refractivity contribution in [3.05, 3.63) is 6.29 Å². The molecule has 1 atom stereocenters. The highest BCUT2D eigenvalue weighted by molar-refractivity contribution is 4.90. The van der Waals surface area contributed by atoms with Gasteiger partial charge in [0, 0.05) is 33.9 Å². The van der Waals surface area contributed by atoms with E-state index in [2.05, 4.69) is 13.8 Å². The highest BCUT2D eigenvalue weighted by Crippen LogP contribution is 2.37. The fourth-order valence-electron chi connectivity index (χ4n) is 2.28. The minimum atomic E-state index is -0.664. The van der Waals surface area contributed by atoms with Gasteiger partial charge in [-0.25, -0.2) is 0 Å². The molecule has 4 nitrogen and oxygen atoms in total. The third-order valence-electron chi connectivity index (χ3n) is 3.09. The largest absolute Gasteiger partial charge is 0.353 e. The summed E-state index contributed by atoms with van der Waals surface area (Å²) in [6.07, 6.45) is 3.25. The van der Waals surface area contributed by atoms with Crippen molar-refractivity contribution in [2.45, 2.75) is 52.7 Å². The lowest BCUT2D eigenvalue weighted by atomic mass is 9.90. The zero-order chi connectivity index (χ0) is 14.0. The molecule has 0 fully saturated rings. The molecule has 0 rings (SSSR count). The summed E-state index contributed by atoms with van der Waals surface area (Å²) < 4.78 is 22.6. The van der Waals surface area contributed by atoms with Gasteiger partial charge in [-0.3, -0.25) is 0 Å². The quantitative estimate of drug-likeness (QED) is 0.534. The average molecular weight is 261 g/mol. The molecule has 0 aliphatic heterocycles. The second-order valence-corrected chi connectivity index (χ2v) is 4.12. The van der Waals surface area contributed by atoms with Crippen LogP contribution in [0.3, 0.4) is 0 Å². The molecular formula is C14H29O4. The molecule has 1 unspecified atom stereocenters. The van der Waals surface area contributed by atoms with Crippen LogP contribution in [-0.2, 0) is 18.9 Å². The predicted octanol–water partition coefficient (Wildman–Crippen LogP) is 3.36. The lowest BCUT2D eigenvalue weighted by Gasteiger charge is -2.40. The Morgan fingerprint density at radius 3 is 1.72 bits per heavy atom. The van der Waals surface area contributed by atoms with Gasteiger partial charge in [0.05, 0.1) is 5.92 Å². The van der Waals surface area contributed by atoms with Crippen LogP contribution in [0.5, 0.6) is 0 Å². The SMILES string of the molecule is CCCC(OC)(OC)C(CC)[C](OCC)OCC. The first-order valence-corrected chi connectivity index (χ1v) is 6.88. The summed E-state index contributed by atoms with van der Waals surface area (Å²) in [6, 6.07) is 0. The zero-order valence-electron chi connectivity index (χ0n) is 12.7. The van der Waals surface area contributed by atoms with Gasteiger partial charge in [0.25, 0.3) is 0 Å². The van der Waals surface area contributed by atoms with Gasteiger partial charge in [-0.15, -0.1) is 0 Å². The highest BCUT2D eigenvalue weighted by atomic mass is 16.7. The maximum absolute atomic E-state index is 5.65. The molecule has 0 heterocycles. The van der Waals surface area contributed by atoms with E-state index >= 15 is 0 Å². The summed E-state index contributed by atoms with van der Waals surface area (Å²) >= 11 is 0. The van der Waals surface area contributed by atoms with Crippen molar-refractivity contribution in [2.24, 2.45) is 5.92 Å². The minimum Gasteiger partial charge on any atom is -0.353 e. The summed E-state index contributed by atoms with van der Waals surface area (Å²) in [4.78, 5) is 0. The van der Waals surface area contributed by atoms with Crippen molar-refractivity contribution >= 4 is 0 Å². The molecule has 1 radical (unpaired) electrons. The molecule has 0 N–H and O–H groups in total. The second-order valence-electron chi connectivity index (χ2n) is 4.12. The van der Waals surface area contributed by atoms with Crippen LogP contribution in [-0.4, -0.2) is 33.2 Å². The molecule has 0 aromatic rings. The molecule has 18 heavy (non-hydrogen) atoms. The van der Waals surface area contributed by atoms with Crippen LogP contribution >= 0.6 is 0 Å². The molecule has 0 aromatic heterocycles. The van der Waals surface area contributed by atoms with Gasteiger partial charge in [0.2, 0.25) is 6.29 Å². The summed E-state index contributed by atoms with van der Waals surface area (Å²) in [6.45, 7) is 9.27. The Labute approximate surface area is 112 Å². The van der Waals surface area contributed by atoms with Gasteiger partial charge in [-0.2, -0.15) is 0 Å². The third-order valence-corrected chi connectivity index (χ3v) is 3.09. The average Bonchev–Trinajstić information content (AvgIpc) is 2.39. The first-order valence-electron chi connectivity index (χ1n) is 6.88. The van der Waals surface area contributed by atoms with Crippen LogP contribution in [0, 0.1) is 12.2 Å². The molecule has 0 spiro atoms. The van der Waals surface area contributed by atoms with Crippen molar-refractivity contribution < 1.29 is 18.9 Å². The van der Waals surface area contributed by atoms with E-state index in [1.165, 1.54) is 0 Å². The first kappa shape index (κ1) is 17.8. The van der Waals surface area contributed by atoms with Crippen LogP contribution in [0.25, 0.3) is 0 Å². The number of ether oxygens (including phenoxy) is 4. The van der Waals surface area contributed by atoms with Gasteiger partial charge < -0.3 is 18.9 Å². The molecule has 109 valence electrons. The summed E-state index contributed by atoms with van der Waals surface area (Å²) in [5.41, 5.74) is 0. The van der Waals surface area contributed by atoms with Crippen molar-refractivity contribution in [3.8, 4) is 0 Å². The third kappa shape index (κ3) is 4.50. The van der Waals surface area contributed by atoms with Crippen LogP contribution in [0.4, 0.5) is 0 Å². The molecular weight excluding hydrogens is 232 g/mol. The lowest BCUT2D eigenvalue weighted by molar-refractivity contribution is -0.268. The van der Waals surface area contributed by atoms with Gasteiger partial charge in [0.1, 0.15) is 0 Å². The van der Waals surface area contributed by atoms with E-state index in [-0.39, 0.29) is 5.92 Å². The standard InChI is InChI=1S/C14H29O4/c1-7-11-14(15-5,16-6)12(8-2)13(17-9-3)18-10-4/h12H,7-11H2,1-6H3. The Hall–Kier alpha value is -0.160. The van der Waals surface area contributed by atoms with Crippen molar-refractivity contribution in [1.82, 2.24) is 0 Å². The molecule has 0 saturated carbocycles. The van der Waals surface area contributed by atoms with E-state index in [9.17, 15) is 0 Å². The smallest absolute Gasteiger partial charge is 0.232 e. The molecule has 0 bridgehead atoms. The van der Waals surface area contributed by atoms with Crippen molar-refractivity contribution in [1.29, 1.82) is 0 Å². The Morgan fingerprint density at radius 2 is 1.44 bits per heavy atom. The van der Waals surface area contributed by atoms with Gasteiger partial charge in [-0.05, 0) is 20.3 Å². The van der Waals surface area contributed by atoms with E-state index in [1.54, 1.807) is 14.2 Å². The van der Waals surface area contributed by atoms with Crippen molar-refractivity contribution in [3.63, 3.8) is 0 Å². The van der Waals surface area contributed by atoms with Crippen LogP contribution < -0.4 is 0 Å². The lowest BCUT2D eigenvalue weighted by Crippen LogP contribution is -2.46. The Balaban J connectivity index is 5.04. The van der Waals surface area contributed by atoms with Gasteiger partial charge >= 0.3 is 0 Å². The molecule has 0 aliphatic rings. The fourth-order valence-corrected chi connectivity index (χ4v) is 2.28. The molecule has 0 aromatic carbocycles. The summed E-state index contributed by atoms with van der Waals surface area (Å²) in [5, 5.41) is 0. The van der Waals surface area contributed by atoms with E-state index in [1.807, 2.05) is 13.8 Å². The normalized spacial score (nSPS) is 14.2. The predicted molar refractivity (Wildman–Crippen MR) is 71.9 cm³/mol. The van der Waals surface area contributed by atoms with Crippen LogP contribution in [0.15, 0.2) is 0 Å². The zero-order valence-corrected chi connectivity index (χ0v) is 12.7. The van der Waals surface area contributed by atoms with Crippen molar-refractivity contribution in [2.75, 3.05) is 27.4 Å². The summed E-state index contributed by atoms with van der Waals surface area (Å²) in [5.74, 6) is -0.684. The minimum absolute atomic E-state index is 0.0210. The first-order chi connectivity index (χ1) is 8.65. The van der Waals surface area contributed by atoms with Gasteiger partial charge in [0.15, 0.2) is 5.79 Å². The van der Waals surface area contributed by atoms with E-state index in [4.69, 9.17) is 18.9 Å². The van der Waals surface area contributed by atoms with Gasteiger partial charge in [-0.1, -0.05) is 20.3 Å². The number of methoxy groups -OCH3 is 2. The topological polar surface area (TPSA) is 36.9 Å². The number of hydrogen-bond acceptors (Lipinski definition) is 4. The second kappa shape index (κ2) is 9.73. The molecule has 0 amide bonds. The number of rotatable bonds is 11. The Kier molecular flexibility index (Phi) is 9.64. The molecule has 4 heteroatoms. The van der Waals surface area contributed by atoms with E-state index < -0.39 is 5.79 Å². The van der Waals surface area contributed by atoms with Crippen LogP contribution in [0.1, 0.15) is 47.0 Å². The fraction of sp³-hybridized carbons (Fsp3) is 0.929. The monoisotopic (exact) mass is 261 g/mol. The Morgan fingerprint density at radius 1 is 0.944 bits per heavy atom. The number of hydrogen-bond donors (Lipinski definition) is 0. The van der Waals surface area contributed by atoms with E-state index in [0.29, 0.717) is 19.5 Å². The summed E-state index contributed by atoms with van der Waals surface area (Å²) in [7, 11) is 3.36. The Bertz CT molecular complexity index is 186. The highest BCUT2D eigenvalue weighted by Gasteiger charge is 2.44. The molecule has 0 aliphatic carbocycles. The molecule has 0 saturated heterocycles. The van der Waals surface area contributed by atoms with E-state index in [0.717, 1.165) is 19.3 Å². The maximum Gasteiger partial charge on any atom is 0.232 e. The van der Waals surface area contributed by atoms with Crippen LogP contribution in [0.2, 0.25) is 0 Å².